The highest BCUT2D eigenvalue weighted by atomic mass is 16.7. The van der Waals surface area contributed by atoms with Crippen molar-refractivity contribution in [1.82, 2.24) is 5.48 Å². The number of ketones is 1. The summed E-state index contributed by atoms with van der Waals surface area (Å²) in [5.74, 6) is -1.12. The van der Waals surface area contributed by atoms with Gasteiger partial charge in [-0.1, -0.05) is 60.7 Å². The van der Waals surface area contributed by atoms with Gasteiger partial charge in [0.1, 0.15) is 0 Å². The maximum Gasteiger partial charge on any atom is 0.392 e. The van der Waals surface area contributed by atoms with Gasteiger partial charge in [0.2, 0.25) is 11.5 Å². The third kappa shape index (κ3) is 3.21. The van der Waals surface area contributed by atoms with Gasteiger partial charge in [-0.25, -0.2) is 4.79 Å². The second-order valence-electron chi connectivity index (χ2n) is 5.57. The number of ether oxygens (including phenoxy) is 1. The number of hydrogen-bond donors (Lipinski definition) is 1. The van der Waals surface area contributed by atoms with Crippen LogP contribution in [0.2, 0.25) is 0 Å². The maximum absolute atomic E-state index is 12.3. The van der Waals surface area contributed by atoms with Gasteiger partial charge in [0.15, 0.2) is 5.60 Å². The quantitative estimate of drug-likeness (QED) is 0.857. The van der Waals surface area contributed by atoms with Crippen LogP contribution in [0.15, 0.2) is 72.5 Å². The largest absolute Gasteiger partial charge is 0.467 e. The van der Waals surface area contributed by atoms with E-state index in [4.69, 9.17) is 9.57 Å². The summed E-state index contributed by atoms with van der Waals surface area (Å²) in [4.78, 5) is 29.3. The van der Waals surface area contributed by atoms with Crippen LogP contribution in [0.25, 0.3) is 0 Å². The molecule has 0 spiro atoms. The molecule has 1 N–H and O–H groups in total. The lowest BCUT2D eigenvalue weighted by atomic mass is 9.92. The minimum Gasteiger partial charge on any atom is -0.467 e. The molecule has 5 heteroatoms. The van der Waals surface area contributed by atoms with E-state index >= 15 is 0 Å². The van der Waals surface area contributed by atoms with E-state index < -0.39 is 11.6 Å². The van der Waals surface area contributed by atoms with Crippen LogP contribution in [0.3, 0.4) is 0 Å². The Labute approximate surface area is 139 Å². The van der Waals surface area contributed by atoms with Gasteiger partial charge in [0, 0.05) is 11.6 Å². The van der Waals surface area contributed by atoms with Crippen LogP contribution in [-0.2, 0) is 31.3 Å². The van der Waals surface area contributed by atoms with E-state index in [0.717, 1.165) is 5.56 Å². The molecule has 0 amide bonds. The van der Waals surface area contributed by atoms with Gasteiger partial charge < -0.3 is 9.57 Å². The van der Waals surface area contributed by atoms with E-state index in [1.54, 1.807) is 19.1 Å². The number of hydroxylamine groups is 1. The monoisotopic (exact) mass is 323 g/mol. The van der Waals surface area contributed by atoms with Gasteiger partial charge in [0.25, 0.3) is 0 Å². The predicted molar refractivity (Wildman–Crippen MR) is 87.3 cm³/mol. The Bertz CT molecular complexity index is 770. The highest BCUT2D eigenvalue weighted by Crippen LogP contribution is 2.34. The van der Waals surface area contributed by atoms with Crippen LogP contribution in [0, 0.1) is 0 Å². The van der Waals surface area contributed by atoms with Crippen molar-refractivity contribution in [3.63, 3.8) is 0 Å². The number of carbonyl (C=O) groups is 2. The summed E-state index contributed by atoms with van der Waals surface area (Å²) in [6.45, 7) is 2.00. The zero-order valence-electron chi connectivity index (χ0n) is 13.2. The lowest BCUT2D eigenvalue weighted by molar-refractivity contribution is -0.153. The van der Waals surface area contributed by atoms with Crippen LogP contribution in [0.5, 0.6) is 0 Å². The molecule has 1 unspecified atom stereocenters. The first-order valence-electron chi connectivity index (χ1n) is 7.58. The van der Waals surface area contributed by atoms with E-state index in [2.05, 4.69) is 5.48 Å². The zero-order chi connectivity index (χ0) is 17.0. The highest BCUT2D eigenvalue weighted by Gasteiger charge is 2.44. The van der Waals surface area contributed by atoms with Crippen LogP contribution in [0.1, 0.15) is 18.1 Å². The fourth-order valence-corrected chi connectivity index (χ4v) is 2.45. The molecule has 0 fully saturated rings. The smallest absolute Gasteiger partial charge is 0.392 e. The Hall–Kier alpha value is -2.92. The van der Waals surface area contributed by atoms with Crippen molar-refractivity contribution in [2.45, 2.75) is 19.1 Å². The Morgan fingerprint density at radius 2 is 1.71 bits per heavy atom. The van der Waals surface area contributed by atoms with Crippen LogP contribution >= 0.6 is 0 Å². The minimum atomic E-state index is -1.20. The molecule has 0 aromatic heterocycles. The number of rotatable bonds is 5. The van der Waals surface area contributed by atoms with Gasteiger partial charge in [-0.05, 0) is 12.5 Å². The van der Waals surface area contributed by atoms with E-state index in [0.29, 0.717) is 12.1 Å². The van der Waals surface area contributed by atoms with E-state index in [-0.39, 0.29) is 11.5 Å². The summed E-state index contributed by atoms with van der Waals surface area (Å²) in [7, 11) is 0. The molecule has 24 heavy (non-hydrogen) atoms. The minimum absolute atomic E-state index is 0.105. The van der Waals surface area contributed by atoms with E-state index in [1.165, 1.54) is 6.08 Å². The molecular weight excluding hydrogens is 306 g/mol. The lowest BCUT2D eigenvalue weighted by Gasteiger charge is -2.23. The number of benzene rings is 2. The number of carbonyl (C=O) groups excluding carboxylic acids is 2. The average Bonchev–Trinajstić information content (AvgIpc) is 2.93. The summed E-state index contributed by atoms with van der Waals surface area (Å²) in [5, 5.41) is 0. The molecule has 3 rings (SSSR count). The summed E-state index contributed by atoms with van der Waals surface area (Å²) in [5.41, 5.74) is 3.03. The van der Waals surface area contributed by atoms with Crippen molar-refractivity contribution in [1.29, 1.82) is 0 Å². The van der Waals surface area contributed by atoms with E-state index in [9.17, 15) is 9.59 Å². The highest BCUT2D eigenvalue weighted by molar-refractivity contribution is 6.06. The summed E-state index contributed by atoms with van der Waals surface area (Å²) in [6, 6.07) is 18.6. The molecule has 1 heterocycles. The van der Waals surface area contributed by atoms with Crippen molar-refractivity contribution < 1.29 is 19.2 Å². The van der Waals surface area contributed by atoms with Crippen molar-refractivity contribution in [2.24, 2.45) is 0 Å². The number of nitrogens with one attached hydrogen (secondary N) is 1. The van der Waals surface area contributed by atoms with Gasteiger partial charge in [-0.2, -0.15) is 0 Å². The van der Waals surface area contributed by atoms with Crippen molar-refractivity contribution in [3.05, 3.63) is 83.6 Å². The Morgan fingerprint density at radius 3 is 2.38 bits per heavy atom. The van der Waals surface area contributed by atoms with Crippen LogP contribution < -0.4 is 5.48 Å². The molecular formula is C19H17NO4. The fourth-order valence-electron chi connectivity index (χ4n) is 2.45. The molecule has 0 aliphatic carbocycles. The molecule has 2 aromatic carbocycles. The molecule has 0 saturated heterocycles. The molecule has 5 nitrogen and oxygen atoms in total. The Kier molecular flexibility index (Phi) is 4.44. The predicted octanol–water partition coefficient (Wildman–Crippen LogP) is 2.63. The van der Waals surface area contributed by atoms with Crippen molar-refractivity contribution >= 4 is 11.8 Å². The number of hydrogen-bond acceptors (Lipinski definition) is 5. The second-order valence-corrected chi connectivity index (χ2v) is 5.57. The molecule has 122 valence electrons. The molecule has 0 bridgehead atoms. The molecule has 2 aromatic rings. The maximum atomic E-state index is 12.3. The molecule has 0 radical (unpaired) electrons. The summed E-state index contributed by atoms with van der Waals surface area (Å²) in [6.07, 6.45) is 1.18. The standard InChI is InChI=1S/C19H17NO4/c1-19(15-10-6-3-7-11-15)17(21)12-16(23-19)18(22)24-20-13-14-8-4-2-5-9-14/h2-12,20H,13H2,1H3. The Morgan fingerprint density at radius 1 is 1.08 bits per heavy atom. The first-order valence-corrected chi connectivity index (χ1v) is 7.58. The third-order valence-electron chi connectivity index (χ3n) is 3.86. The Balaban J connectivity index is 1.61. The lowest BCUT2D eigenvalue weighted by Crippen LogP contribution is -2.30. The first-order chi connectivity index (χ1) is 11.6. The van der Waals surface area contributed by atoms with Gasteiger partial charge >= 0.3 is 5.97 Å². The molecule has 1 atom stereocenters. The van der Waals surface area contributed by atoms with Gasteiger partial charge in [-0.3, -0.25) is 4.79 Å². The SMILES string of the molecule is CC1(c2ccccc2)OC(C(=O)ONCc2ccccc2)=CC1=O. The van der Waals surface area contributed by atoms with Crippen molar-refractivity contribution in [3.8, 4) is 0 Å². The topological polar surface area (TPSA) is 64.6 Å². The van der Waals surface area contributed by atoms with Crippen molar-refractivity contribution in [2.75, 3.05) is 0 Å². The molecule has 0 saturated carbocycles. The average molecular weight is 323 g/mol. The van der Waals surface area contributed by atoms with Crippen LogP contribution in [0.4, 0.5) is 0 Å². The zero-order valence-corrected chi connectivity index (χ0v) is 13.2. The third-order valence-corrected chi connectivity index (χ3v) is 3.86. The van der Waals surface area contributed by atoms with E-state index in [1.807, 2.05) is 48.5 Å². The molecule has 1 aliphatic rings. The van der Waals surface area contributed by atoms with Crippen LogP contribution in [-0.4, -0.2) is 11.8 Å². The first kappa shape index (κ1) is 16.0. The fraction of sp³-hybridized carbons (Fsp3) is 0.158. The normalized spacial score (nSPS) is 19.5. The van der Waals surface area contributed by atoms with Gasteiger partial charge in [0.05, 0.1) is 6.54 Å². The second kappa shape index (κ2) is 6.68. The molecule has 1 aliphatic heterocycles. The summed E-state index contributed by atoms with van der Waals surface area (Å²) < 4.78 is 5.61. The van der Waals surface area contributed by atoms with Gasteiger partial charge in [-0.15, -0.1) is 5.48 Å². The summed E-state index contributed by atoms with van der Waals surface area (Å²) >= 11 is 0.